The van der Waals surface area contributed by atoms with Gasteiger partial charge in [0.25, 0.3) is 10.0 Å². The van der Waals surface area contributed by atoms with Gasteiger partial charge in [-0.05, 0) is 54.6 Å². The number of nitrogens with zero attached hydrogens (tertiary/aromatic N) is 2. The lowest BCUT2D eigenvalue weighted by atomic mass is 10.1. The van der Waals surface area contributed by atoms with Gasteiger partial charge in [0.2, 0.25) is 5.89 Å². The van der Waals surface area contributed by atoms with Gasteiger partial charge in [0.05, 0.1) is 16.0 Å². The molecular weight excluding hydrogens is 480 g/mol. The van der Waals surface area contributed by atoms with Crippen LogP contribution >= 0.6 is 11.6 Å². The fourth-order valence-electron chi connectivity index (χ4n) is 3.41. The van der Waals surface area contributed by atoms with Gasteiger partial charge in [0.15, 0.2) is 5.58 Å². The van der Waals surface area contributed by atoms with Crippen LogP contribution in [0.2, 0.25) is 5.02 Å². The quantitative estimate of drug-likeness (QED) is 0.300. The van der Waals surface area contributed by atoms with Crippen molar-refractivity contribution in [1.29, 1.82) is 0 Å². The first-order chi connectivity index (χ1) is 16.3. The molecule has 3 aromatic carbocycles. The summed E-state index contributed by atoms with van der Waals surface area (Å²) in [5.74, 6) is -0.799. The van der Waals surface area contributed by atoms with E-state index in [9.17, 15) is 13.2 Å². The first-order valence-electron chi connectivity index (χ1n) is 9.87. The number of benzene rings is 3. The molecular formula is C23H15ClN4O5S. The number of carboxylic acids is 1. The van der Waals surface area contributed by atoms with Crippen LogP contribution in [0.1, 0.15) is 10.4 Å². The highest BCUT2D eigenvalue weighted by Crippen LogP contribution is 2.33. The smallest absolute Gasteiger partial charge is 0.335 e. The van der Waals surface area contributed by atoms with Gasteiger partial charge in [-0.15, -0.1) is 0 Å². The number of fused-ring (bicyclic) bond motifs is 1. The number of carboxylic acid groups (broad SMARTS) is 1. The van der Waals surface area contributed by atoms with E-state index >= 15 is 0 Å². The number of carbonyl (C=O) groups is 1. The lowest BCUT2D eigenvalue weighted by Gasteiger charge is -2.09. The van der Waals surface area contributed by atoms with Crippen molar-refractivity contribution in [1.82, 2.24) is 15.2 Å². The Hall–Kier alpha value is -4.15. The Kier molecular flexibility index (Phi) is 5.31. The molecule has 0 fully saturated rings. The maximum Gasteiger partial charge on any atom is 0.335 e. The van der Waals surface area contributed by atoms with Gasteiger partial charge in [-0.25, -0.2) is 18.2 Å². The predicted octanol–water partition coefficient (Wildman–Crippen LogP) is 5.04. The number of H-pyrrole nitrogens is 1. The molecule has 0 spiro atoms. The van der Waals surface area contributed by atoms with E-state index < -0.39 is 16.0 Å². The first-order valence-corrected chi connectivity index (χ1v) is 11.7. The SMILES string of the molecule is O=C(O)c1ccc(S(=O)(=O)Nc2cccc(-c3n[nH]cc3-c3nc4cc(Cl)ccc4o3)c2)cc1. The largest absolute Gasteiger partial charge is 0.478 e. The Morgan fingerprint density at radius 1 is 1.06 bits per heavy atom. The third kappa shape index (κ3) is 4.12. The van der Waals surface area contributed by atoms with Crippen LogP contribution in [0.3, 0.4) is 0 Å². The molecule has 9 nitrogen and oxygen atoms in total. The predicted molar refractivity (Wildman–Crippen MR) is 126 cm³/mol. The van der Waals surface area contributed by atoms with Gasteiger partial charge in [-0.1, -0.05) is 23.7 Å². The fraction of sp³-hybridized carbons (Fsp3) is 0. The molecule has 0 atom stereocenters. The maximum absolute atomic E-state index is 12.8. The van der Waals surface area contributed by atoms with Crippen molar-refractivity contribution in [2.45, 2.75) is 4.90 Å². The molecule has 5 rings (SSSR count). The van der Waals surface area contributed by atoms with Crippen molar-refractivity contribution in [2.75, 3.05) is 4.72 Å². The van der Waals surface area contributed by atoms with Gasteiger partial charge in [0.1, 0.15) is 11.2 Å². The molecule has 0 radical (unpaired) electrons. The molecule has 0 saturated carbocycles. The number of nitrogens with one attached hydrogen (secondary N) is 2. The number of hydrogen-bond acceptors (Lipinski definition) is 6. The van der Waals surface area contributed by atoms with Crippen molar-refractivity contribution in [3.63, 3.8) is 0 Å². The van der Waals surface area contributed by atoms with E-state index in [0.29, 0.717) is 44.5 Å². The van der Waals surface area contributed by atoms with Crippen molar-refractivity contribution in [2.24, 2.45) is 0 Å². The molecule has 3 N–H and O–H groups in total. The topological polar surface area (TPSA) is 138 Å². The summed E-state index contributed by atoms with van der Waals surface area (Å²) in [5.41, 5.74) is 3.21. The fourth-order valence-corrected chi connectivity index (χ4v) is 4.63. The van der Waals surface area contributed by atoms with Crippen LogP contribution in [-0.2, 0) is 10.0 Å². The number of aromatic carboxylic acids is 1. The normalized spacial score (nSPS) is 11.6. The number of aromatic amines is 1. The summed E-state index contributed by atoms with van der Waals surface area (Å²) in [4.78, 5) is 15.4. The van der Waals surface area contributed by atoms with Crippen LogP contribution in [0.25, 0.3) is 33.8 Å². The molecule has 0 amide bonds. The van der Waals surface area contributed by atoms with Crippen LogP contribution in [0, 0.1) is 0 Å². The summed E-state index contributed by atoms with van der Waals surface area (Å²) in [6.45, 7) is 0. The van der Waals surface area contributed by atoms with E-state index in [4.69, 9.17) is 21.1 Å². The second-order valence-electron chi connectivity index (χ2n) is 7.29. The highest BCUT2D eigenvalue weighted by molar-refractivity contribution is 7.92. The molecule has 0 aliphatic heterocycles. The Balaban J connectivity index is 1.46. The third-order valence-corrected chi connectivity index (χ3v) is 6.65. The molecule has 11 heteroatoms. The number of sulfonamides is 1. The Morgan fingerprint density at radius 2 is 1.85 bits per heavy atom. The number of anilines is 1. The zero-order chi connectivity index (χ0) is 23.9. The minimum absolute atomic E-state index is 0.00604. The van der Waals surface area contributed by atoms with Crippen LogP contribution in [-0.4, -0.2) is 34.7 Å². The van der Waals surface area contributed by atoms with E-state index in [1.165, 1.54) is 24.3 Å². The van der Waals surface area contributed by atoms with Crippen molar-refractivity contribution in [3.05, 3.63) is 83.5 Å². The third-order valence-electron chi connectivity index (χ3n) is 5.02. The highest BCUT2D eigenvalue weighted by Gasteiger charge is 2.19. The van der Waals surface area contributed by atoms with E-state index in [2.05, 4.69) is 19.9 Å². The molecule has 34 heavy (non-hydrogen) atoms. The molecule has 0 unspecified atom stereocenters. The van der Waals surface area contributed by atoms with Gasteiger partial charge >= 0.3 is 5.97 Å². The number of hydrogen-bond donors (Lipinski definition) is 3. The van der Waals surface area contributed by atoms with Crippen molar-refractivity contribution < 1.29 is 22.7 Å². The monoisotopic (exact) mass is 494 g/mol. The van der Waals surface area contributed by atoms with Crippen molar-refractivity contribution in [3.8, 4) is 22.7 Å². The van der Waals surface area contributed by atoms with Crippen LogP contribution in [0.4, 0.5) is 5.69 Å². The average Bonchev–Trinajstić information content (AvgIpc) is 3.45. The Morgan fingerprint density at radius 3 is 2.62 bits per heavy atom. The molecule has 2 heterocycles. The van der Waals surface area contributed by atoms with Gasteiger partial charge < -0.3 is 9.52 Å². The average molecular weight is 495 g/mol. The highest BCUT2D eigenvalue weighted by atomic mass is 35.5. The van der Waals surface area contributed by atoms with Gasteiger partial charge in [0, 0.05) is 22.5 Å². The van der Waals surface area contributed by atoms with Crippen LogP contribution in [0.5, 0.6) is 0 Å². The summed E-state index contributed by atoms with van der Waals surface area (Å²) < 4.78 is 33.9. The maximum atomic E-state index is 12.8. The van der Waals surface area contributed by atoms with Gasteiger partial charge in [-0.3, -0.25) is 9.82 Å². The summed E-state index contributed by atoms with van der Waals surface area (Å²) in [6, 6.07) is 16.8. The second-order valence-corrected chi connectivity index (χ2v) is 9.41. The molecule has 170 valence electrons. The summed E-state index contributed by atoms with van der Waals surface area (Å²) in [5, 5.41) is 16.6. The molecule has 0 aliphatic rings. The standard InChI is InChI=1S/C23H15ClN4O5S/c24-15-6-9-20-19(11-15)26-22(33-20)18-12-25-27-21(18)14-2-1-3-16(10-14)28-34(31,32)17-7-4-13(5-8-17)23(29)30/h1-12,28H,(H,25,27)(H,29,30). The first kappa shape index (κ1) is 21.7. The summed E-state index contributed by atoms with van der Waals surface area (Å²) in [7, 11) is -3.94. The van der Waals surface area contributed by atoms with Crippen LogP contribution in [0.15, 0.2) is 82.2 Å². The van der Waals surface area contributed by atoms with Gasteiger partial charge in [-0.2, -0.15) is 5.10 Å². The molecule has 2 aromatic heterocycles. The zero-order valence-corrected chi connectivity index (χ0v) is 18.8. The minimum Gasteiger partial charge on any atom is -0.478 e. The molecule has 0 saturated heterocycles. The van der Waals surface area contributed by atoms with Crippen LogP contribution < -0.4 is 4.72 Å². The summed E-state index contributed by atoms with van der Waals surface area (Å²) in [6.07, 6.45) is 1.64. The zero-order valence-electron chi connectivity index (χ0n) is 17.2. The number of rotatable bonds is 6. The minimum atomic E-state index is -3.94. The van der Waals surface area contributed by atoms with E-state index in [-0.39, 0.29) is 10.5 Å². The molecule has 0 aliphatic carbocycles. The van der Waals surface area contributed by atoms with Crippen molar-refractivity contribution >= 4 is 44.4 Å². The lowest BCUT2D eigenvalue weighted by molar-refractivity contribution is 0.0696. The lowest BCUT2D eigenvalue weighted by Crippen LogP contribution is -2.13. The number of oxazole rings is 1. The number of halogens is 1. The second kappa shape index (κ2) is 8.32. The molecule has 0 bridgehead atoms. The number of aromatic nitrogens is 3. The summed E-state index contributed by atoms with van der Waals surface area (Å²) >= 11 is 6.03. The van der Waals surface area contributed by atoms with E-state index in [0.717, 1.165) is 0 Å². The van der Waals surface area contributed by atoms with E-state index in [1.807, 2.05) is 0 Å². The Labute approximate surface area is 198 Å². The molecule has 5 aromatic rings. The van der Waals surface area contributed by atoms with E-state index in [1.54, 1.807) is 48.7 Å². The Bertz CT molecular complexity index is 1640.